The zero-order valence-corrected chi connectivity index (χ0v) is 9.57. The largest absolute Gasteiger partial charge is 0.265 e. The van der Waals surface area contributed by atoms with E-state index in [1.807, 2.05) is 6.20 Å². The average molecular weight is 206 g/mol. The van der Waals surface area contributed by atoms with Crippen LogP contribution in [-0.2, 0) is 0 Å². The van der Waals surface area contributed by atoms with E-state index >= 15 is 0 Å². The van der Waals surface area contributed by atoms with Crippen LogP contribution < -0.4 is 0 Å². The molecule has 0 spiro atoms. The number of hydrogen-bond donors (Lipinski definition) is 1. The van der Waals surface area contributed by atoms with Crippen molar-refractivity contribution in [2.24, 2.45) is 4.99 Å². The molecule has 0 aliphatic heterocycles. The van der Waals surface area contributed by atoms with Gasteiger partial charge in [0.2, 0.25) is 5.96 Å². The molecule has 0 bridgehead atoms. The van der Waals surface area contributed by atoms with E-state index < -0.39 is 0 Å². The number of hydrogen-bond acceptors (Lipinski definition) is 2. The van der Waals surface area contributed by atoms with Gasteiger partial charge in [0.1, 0.15) is 0 Å². The molecule has 0 aliphatic rings. The van der Waals surface area contributed by atoms with E-state index in [9.17, 15) is 0 Å². The fourth-order valence-electron chi connectivity index (χ4n) is 0.932. The molecule has 82 valence electrons. The Morgan fingerprint density at radius 1 is 1.60 bits per heavy atom. The van der Waals surface area contributed by atoms with Crippen LogP contribution >= 0.6 is 0 Å². The smallest absolute Gasteiger partial charge is 0.242 e. The van der Waals surface area contributed by atoms with Gasteiger partial charge in [-0.15, -0.1) is 13.2 Å². The lowest BCUT2D eigenvalue weighted by atomic mass is 10.1. The maximum atomic E-state index is 7.49. The van der Waals surface area contributed by atoms with Crippen LogP contribution in [0.1, 0.15) is 32.3 Å². The molecule has 1 heterocycles. The van der Waals surface area contributed by atoms with E-state index in [4.69, 9.17) is 5.41 Å². The lowest BCUT2D eigenvalue weighted by Crippen LogP contribution is -2.07. The van der Waals surface area contributed by atoms with E-state index in [1.54, 1.807) is 19.3 Å². The van der Waals surface area contributed by atoms with Crippen LogP contribution in [0.25, 0.3) is 0 Å². The molecule has 1 aromatic rings. The van der Waals surface area contributed by atoms with E-state index in [1.165, 1.54) is 4.68 Å². The summed E-state index contributed by atoms with van der Waals surface area (Å²) in [6.07, 6.45) is 5.18. The van der Waals surface area contributed by atoms with Gasteiger partial charge < -0.3 is 0 Å². The molecule has 0 aromatic carbocycles. The first-order valence-corrected chi connectivity index (χ1v) is 4.77. The predicted molar refractivity (Wildman–Crippen MR) is 64.9 cm³/mol. The second kappa shape index (κ2) is 6.70. The molecule has 0 fully saturated rings. The summed E-state index contributed by atoms with van der Waals surface area (Å²) in [5.74, 6) is 0.585. The zero-order chi connectivity index (χ0) is 11.8. The Balaban J connectivity index is 0.000000921. The quantitative estimate of drug-likeness (QED) is 0.428. The Hall–Kier alpha value is -1.71. The Morgan fingerprint density at radius 3 is 2.60 bits per heavy atom. The molecule has 15 heavy (non-hydrogen) atoms. The van der Waals surface area contributed by atoms with Crippen molar-refractivity contribution in [3.8, 4) is 0 Å². The van der Waals surface area contributed by atoms with Crippen molar-refractivity contribution in [2.75, 3.05) is 0 Å². The second-order valence-corrected chi connectivity index (χ2v) is 3.08. The van der Waals surface area contributed by atoms with Crippen LogP contribution in [0.3, 0.4) is 0 Å². The van der Waals surface area contributed by atoms with Gasteiger partial charge in [0.05, 0.1) is 6.20 Å². The van der Waals surface area contributed by atoms with Crippen molar-refractivity contribution >= 4 is 12.2 Å². The molecule has 0 unspecified atom stereocenters. The summed E-state index contributed by atoms with van der Waals surface area (Å²) < 4.78 is 1.47. The molecule has 4 heteroatoms. The second-order valence-electron chi connectivity index (χ2n) is 3.08. The summed E-state index contributed by atoms with van der Waals surface area (Å²) in [5.41, 5.74) is 1.12. The van der Waals surface area contributed by atoms with E-state index in [2.05, 4.69) is 37.1 Å². The third-order valence-corrected chi connectivity index (χ3v) is 1.74. The van der Waals surface area contributed by atoms with Crippen LogP contribution in [0.2, 0.25) is 0 Å². The Kier molecular flexibility index (Phi) is 5.94. The monoisotopic (exact) mass is 206 g/mol. The zero-order valence-electron chi connectivity index (χ0n) is 9.57. The summed E-state index contributed by atoms with van der Waals surface area (Å²) in [7, 11) is 0. The Bertz CT molecular complexity index is 336. The van der Waals surface area contributed by atoms with Crippen LogP contribution in [-0.4, -0.2) is 22.0 Å². The number of nitrogens with zero attached hydrogens (tertiary/aromatic N) is 3. The normalized spacial score (nSPS) is 10.1. The Labute approximate surface area is 90.9 Å². The van der Waals surface area contributed by atoms with E-state index in [-0.39, 0.29) is 5.96 Å². The van der Waals surface area contributed by atoms with Gasteiger partial charge in [-0.3, -0.25) is 5.41 Å². The van der Waals surface area contributed by atoms with Crippen LogP contribution in [0.15, 0.2) is 30.5 Å². The van der Waals surface area contributed by atoms with Crippen molar-refractivity contribution in [3.63, 3.8) is 0 Å². The molecule has 4 nitrogen and oxygen atoms in total. The van der Waals surface area contributed by atoms with Crippen molar-refractivity contribution < 1.29 is 0 Å². The fourth-order valence-corrected chi connectivity index (χ4v) is 0.932. The minimum absolute atomic E-state index is 0.148. The minimum Gasteiger partial charge on any atom is -0.265 e. The Morgan fingerprint density at radius 2 is 2.20 bits per heavy atom. The molecule has 0 saturated heterocycles. The number of aromatic nitrogens is 2. The SMILES string of the molecule is C/C=N\C(=N)n1cc(C(C)C)cn1.C=C. The number of rotatable bonds is 1. The predicted octanol–water partition coefficient (Wildman–Crippen LogP) is 2.68. The maximum Gasteiger partial charge on any atom is 0.242 e. The molecular weight excluding hydrogens is 188 g/mol. The summed E-state index contributed by atoms with van der Waals surface area (Å²) in [6, 6.07) is 0. The lowest BCUT2D eigenvalue weighted by Gasteiger charge is -1.97. The molecule has 1 N–H and O–H groups in total. The first kappa shape index (κ1) is 13.3. The summed E-state index contributed by atoms with van der Waals surface area (Å²) in [4.78, 5) is 3.83. The fraction of sp³-hybridized carbons (Fsp3) is 0.364. The molecule has 0 aliphatic carbocycles. The summed E-state index contributed by atoms with van der Waals surface area (Å²) in [6.45, 7) is 12.0. The highest BCUT2D eigenvalue weighted by atomic mass is 15.3. The molecule has 0 amide bonds. The van der Waals surface area contributed by atoms with Crippen LogP contribution in [0.4, 0.5) is 0 Å². The van der Waals surface area contributed by atoms with Crippen molar-refractivity contribution in [3.05, 3.63) is 31.1 Å². The highest BCUT2D eigenvalue weighted by Crippen LogP contribution is 2.11. The average Bonchev–Trinajstić information content (AvgIpc) is 2.70. The van der Waals surface area contributed by atoms with Crippen LogP contribution in [0.5, 0.6) is 0 Å². The standard InChI is InChI=1S/C9H14N4.C2H4/c1-4-11-9(10)13-6-8(5-12-13)7(2)3;1-2/h4-7,10H,1-3H3;1-2H2/b10-9?,11-4-;. The highest BCUT2D eigenvalue weighted by Gasteiger charge is 2.04. The summed E-state index contributed by atoms with van der Waals surface area (Å²) >= 11 is 0. The van der Waals surface area contributed by atoms with Gasteiger partial charge in [0.15, 0.2) is 0 Å². The van der Waals surface area contributed by atoms with Gasteiger partial charge >= 0.3 is 0 Å². The third-order valence-electron chi connectivity index (χ3n) is 1.74. The van der Waals surface area contributed by atoms with Gasteiger partial charge in [-0.05, 0) is 18.4 Å². The molecular formula is C11H18N4. The number of nitrogens with one attached hydrogen (secondary N) is 1. The molecule has 0 saturated carbocycles. The first-order valence-electron chi connectivity index (χ1n) is 4.77. The van der Waals surface area contributed by atoms with Gasteiger partial charge in [-0.25, -0.2) is 9.67 Å². The van der Waals surface area contributed by atoms with Gasteiger partial charge in [0, 0.05) is 12.4 Å². The van der Waals surface area contributed by atoms with Crippen LogP contribution in [0, 0.1) is 5.41 Å². The van der Waals surface area contributed by atoms with Crippen molar-refractivity contribution in [2.45, 2.75) is 26.7 Å². The molecule has 1 aromatic heterocycles. The van der Waals surface area contributed by atoms with Gasteiger partial charge in [0.25, 0.3) is 0 Å². The minimum atomic E-state index is 0.148. The van der Waals surface area contributed by atoms with Gasteiger partial charge in [-0.2, -0.15) is 5.10 Å². The van der Waals surface area contributed by atoms with Crippen molar-refractivity contribution in [1.29, 1.82) is 5.41 Å². The maximum absolute atomic E-state index is 7.49. The highest BCUT2D eigenvalue weighted by molar-refractivity contribution is 5.85. The van der Waals surface area contributed by atoms with Gasteiger partial charge in [-0.1, -0.05) is 13.8 Å². The van der Waals surface area contributed by atoms with Crippen molar-refractivity contribution in [1.82, 2.24) is 9.78 Å². The molecule has 1 rings (SSSR count). The number of aliphatic imine (C=N–C) groups is 1. The lowest BCUT2D eigenvalue weighted by molar-refractivity contribution is 0.864. The van der Waals surface area contributed by atoms with E-state index in [0.717, 1.165) is 5.56 Å². The van der Waals surface area contributed by atoms with E-state index in [0.29, 0.717) is 5.92 Å². The topological polar surface area (TPSA) is 54.0 Å². The molecule has 0 radical (unpaired) electrons. The third kappa shape index (κ3) is 3.89. The first-order chi connectivity index (χ1) is 7.15. The molecule has 0 atom stereocenters. The summed E-state index contributed by atoms with van der Waals surface area (Å²) in [5, 5.41) is 11.5.